The number of hydrogen-bond donors (Lipinski definition) is 1. The molecule has 162 valence electrons. The molecule has 0 unspecified atom stereocenters. The molecule has 12 heteroatoms. The topological polar surface area (TPSA) is 66.5 Å². The van der Waals surface area contributed by atoms with Crippen molar-refractivity contribution >= 4 is 5.82 Å². The molecule has 0 bridgehead atoms. The smallest absolute Gasteiger partial charge is 0.362 e. The lowest BCUT2D eigenvalue weighted by molar-refractivity contribution is -0.145. The Kier molecular flexibility index (Phi) is 5.88. The molecular weight excluding hydrogens is 431 g/mol. The number of nitrogens with zero attached hydrogens (tertiary/aromatic N) is 4. The first kappa shape index (κ1) is 22.1. The molecular formula is C19H12F7N5. The maximum atomic E-state index is 13.2. The first-order chi connectivity index (χ1) is 14.5. The van der Waals surface area contributed by atoms with E-state index in [-0.39, 0.29) is 25.0 Å². The van der Waals surface area contributed by atoms with E-state index in [1.165, 1.54) is 42.7 Å². The third-order valence-electron chi connectivity index (χ3n) is 4.21. The van der Waals surface area contributed by atoms with Crippen molar-refractivity contribution in [1.29, 1.82) is 5.26 Å². The number of nitriles is 1. The molecule has 1 N–H and O–H groups in total. The fourth-order valence-electron chi connectivity index (χ4n) is 2.76. The van der Waals surface area contributed by atoms with E-state index in [1.807, 2.05) is 0 Å². The highest BCUT2D eigenvalue weighted by Crippen LogP contribution is 2.38. The molecule has 0 aliphatic carbocycles. The maximum absolute atomic E-state index is 13.2. The first-order valence-corrected chi connectivity index (χ1v) is 8.57. The van der Waals surface area contributed by atoms with Gasteiger partial charge in [-0.25, -0.2) is 14.4 Å². The molecule has 5 nitrogen and oxygen atoms in total. The lowest BCUT2D eigenvalue weighted by atomic mass is 10.1. The summed E-state index contributed by atoms with van der Waals surface area (Å²) in [5.41, 5.74) is -3.89. The highest BCUT2D eigenvalue weighted by atomic mass is 19.4. The van der Waals surface area contributed by atoms with Gasteiger partial charge in [-0.3, -0.25) is 0 Å². The quantitative estimate of drug-likeness (QED) is 0.565. The van der Waals surface area contributed by atoms with Gasteiger partial charge < -0.3 is 9.88 Å². The van der Waals surface area contributed by atoms with Gasteiger partial charge in [-0.2, -0.15) is 31.6 Å². The average Bonchev–Trinajstić information content (AvgIpc) is 3.12. The molecule has 0 aliphatic rings. The summed E-state index contributed by atoms with van der Waals surface area (Å²) in [6, 6.07) is 6.59. The molecule has 2 aromatic heterocycles. The summed E-state index contributed by atoms with van der Waals surface area (Å²) < 4.78 is 93.3. The molecule has 0 spiro atoms. The molecule has 0 radical (unpaired) electrons. The highest BCUT2D eigenvalue weighted by Gasteiger charge is 2.41. The van der Waals surface area contributed by atoms with Crippen LogP contribution < -0.4 is 5.32 Å². The van der Waals surface area contributed by atoms with Gasteiger partial charge in [0.2, 0.25) is 0 Å². The lowest BCUT2D eigenvalue weighted by Gasteiger charge is -2.16. The van der Waals surface area contributed by atoms with E-state index in [1.54, 1.807) is 4.57 Å². The first-order valence-electron chi connectivity index (χ1n) is 8.57. The van der Waals surface area contributed by atoms with E-state index in [4.69, 9.17) is 5.26 Å². The molecule has 1 aromatic carbocycles. The molecule has 0 atom stereocenters. The number of aromatic nitrogens is 3. The maximum Gasteiger partial charge on any atom is 0.433 e. The zero-order valence-electron chi connectivity index (χ0n) is 15.4. The Morgan fingerprint density at radius 1 is 1.03 bits per heavy atom. The van der Waals surface area contributed by atoms with Gasteiger partial charge in [-0.15, -0.1) is 0 Å². The fourth-order valence-corrected chi connectivity index (χ4v) is 2.76. The van der Waals surface area contributed by atoms with Gasteiger partial charge >= 0.3 is 12.4 Å². The molecule has 0 aliphatic heterocycles. The molecule has 2 heterocycles. The van der Waals surface area contributed by atoms with Crippen molar-refractivity contribution in [2.75, 3.05) is 5.32 Å². The minimum atomic E-state index is -5.19. The molecule has 0 saturated carbocycles. The van der Waals surface area contributed by atoms with E-state index < -0.39 is 40.8 Å². The second-order valence-corrected chi connectivity index (χ2v) is 6.34. The Balaban J connectivity index is 1.91. The second kappa shape index (κ2) is 8.25. The van der Waals surface area contributed by atoms with Gasteiger partial charge in [0, 0.05) is 18.9 Å². The van der Waals surface area contributed by atoms with Crippen LogP contribution in [0.25, 0.3) is 0 Å². The van der Waals surface area contributed by atoms with Crippen LogP contribution >= 0.6 is 0 Å². The summed E-state index contributed by atoms with van der Waals surface area (Å²) in [5, 5.41) is 11.5. The Labute approximate surface area is 170 Å². The van der Waals surface area contributed by atoms with Crippen LogP contribution in [0.4, 0.5) is 36.6 Å². The van der Waals surface area contributed by atoms with Crippen LogP contribution in [-0.2, 0) is 25.4 Å². The number of halogens is 7. The highest BCUT2D eigenvalue weighted by molar-refractivity contribution is 5.58. The number of nitrogens with one attached hydrogen (secondary N) is 1. The van der Waals surface area contributed by atoms with Gasteiger partial charge in [-0.1, -0.05) is 12.1 Å². The van der Waals surface area contributed by atoms with Crippen molar-refractivity contribution in [2.24, 2.45) is 0 Å². The van der Waals surface area contributed by atoms with Crippen LogP contribution in [0.15, 0.2) is 42.7 Å². The van der Waals surface area contributed by atoms with Gasteiger partial charge in [0.05, 0.1) is 12.1 Å². The van der Waals surface area contributed by atoms with E-state index in [9.17, 15) is 30.7 Å². The minimum absolute atomic E-state index is 0.195. The summed E-state index contributed by atoms with van der Waals surface area (Å²) in [5.74, 6) is -1.04. The molecule has 0 amide bonds. The standard InChI is InChI=1S/C19H12F7N5/c20-12-3-1-11(2-4-12)10-31-6-5-28-16(31)9-29-17-13(8-27)14(18(21,22)23)7-15(30-17)19(24,25)26/h1-7H,9-10H2,(H,29,30). The van der Waals surface area contributed by atoms with Crippen LogP contribution in [0.1, 0.15) is 28.2 Å². The molecule has 3 rings (SSSR count). The summed E-state index contributed by atoms with van der Waals surface area (Å²) >= 11 is 0. The number of anilines is 1. The molecule has 0 fully saturated rings. The van der Waals surface area contributed by atoms with Crippen molar-refractivity contribution in [2.45, 2.75) is 25.4 Å². The molecule has 31 heavy (non-hydrogen) atoms. The third kappa shape index (κ3) is 5.11. The zero-order chi connectivity index (χ0) is 22.8. The summed E-state index contributed by atoms with van der Waals surface area (Å²) in [6.45, 7) is -0.0826. The Morgan fingerprint density at radius 3 is 2.29 bits per heavy atom. The third-order valence-corrected chi connectivity index (χ3v) is 4.21. The van der Waals surface area contributed by atoms with E-state index in [0.29, 0.717) is 5.56 Å². The van der Waals surface area contributed by atoms with Gasteiger partial charge in [-0.05, 0) is 23.8 Å². The molecule has 0 saturated heterocycles. The summed E-state index contributed by atoms with van der Waals surface area (Å²) in [7, 11) is 0. The van der Waals surface area contributed by atoms with Crippen molar-refractivity contribution in [3.8, 4) is 6.07 Å². The monoisotopic (exact) mass is 443 g/mol. The zero-order valence-corrected chi connectivity index (χ0v) is 15.4. The summed E-state index contributed by atoms with van der Waals surface area (Å²) in [6.07, 6.45) is -7.42. The number of imidazole rings is 1. The molecule has 3 aromatic rings. The minimum Gasteiger partial charge on any atom is -0.362 e. The summed E-state index contributed by atoms with van der Waals surface area (Å²) in [4.78, 5) is 7.19. The predicted octanol–water partition coefficient (Wildman–Crippen LogP) is 4.99. The predicted molar refractivity (Wildman–Crippen MR) is 94.0 cm³/mol. The number of benzene rings is 1. The second-order valence-electron chi connectivity index (χ2n) is 6.34. The average molecular weight is 443 g/mol. The number of hydrogen-bond acceptors (Lipinski definition) is 4. The van der Waals surface area contributed by atoms with Crippen molar-refractivity contribution in [3.63, 3.8) is 0 Å². The Morgan fingerprint density at radius 2 is 1.71 bits per heavy atom. The van der Waals surface area contributed by atoms with Gasteiger partial charge in [0.15, 0.2) is 0 Å². The van der Waals surface area contributed by atoms with Crippen LogP contribution in [0.3, 0.4) is 0 Å². The number of rotatable bonds is 5. The van der Waals surface area contributed by atoms with Crippen molar-refractivity contribution in [1.82, 2.24) is 14.5 Å². The number of alkyl halides is 6. The van der Waals surface area contributed by atoms with Gasteiger partial charge in [0.25, 0.3) is 0 Å². The van der Waals surface area contributed by atoms with Crippen LogP contribution in [0, 0.1) is 17.1 Å². The van der Waals surface area contributed by atoms with Crippen LogP contribution in [-0.4, -0.2) is 14.5 Å². The van der Waals surface area contributed by atoms with E-state index in [2.05, 4.69) is 15.3 Å². The Bertz CT molecular complexity index is 1110. The van der Waals surface area contributed by atoms with Crippen LogP contribution in [0.2, 0.25) is 0 Å². The SMILES string of the molecule is N#Cc1c(C(F)(F)F)cc(C(F)(F)F)nc1NCc1nccn1Cc1ccc(F)cc1. The van der Waals surface area contributed by atoms with Gasteiger partial charge in [0.1, 0.15) is 34.8 Å². The van der Waals surface area contributed by atoms with E-state index >= 15 is 0 Å². The largest absolute Gasteiger partial charge is 0.433 e. The van der Waals surface area contributed by atoms with Crippen LogP contribution in [0.5, 0.6) is 0 Å². The Hall–Kier alpha value is -3.62. The normalized spacial score (nSPS) is 11.9. The number of pyridine rings is 1. The van der Waals surface area contributed by atoms with Crippen molar-refractivity contribution in [3.05, 3.63) is 76.8 Å². The fraction of sp³-hybridized carbons (Fsp3) is 0.211. The van der Waals surface area contributed by atoms with E-state index in [0.717, 1.165) is 0 Å². The van der Waals surface area contributed by atoms with Crippen molar-refractivity contribution < 1.29 is 30.7 Å². The lowest BCUT2D eigenvalue weighted by Crippen LogP contribution is -2.18.